The Morgan fingerprint density at radius 3 is 2.12 bits per heavy atom. The summed E-state index contributed by atoms with van der Waals surface area (Å²) in [6.45, 7) is 1.18. The Morgan fingerprint density at radius 2 is 1.54 bits per heavy atom. The third-order valence-electron chi connectivity index (χ3n) is 6.50. The molecule has 4 rings (SSSR count). The Balaban J connectivity index is 1.82. The van der Waals surface area contributed by atoms with Gasteiger partial charge in [0.25, 0.3) is 11.2 Å². The second kappa shape index (κ2) is 11.5. The van der Waals surface area contributed by atoms with Gasteiger partial charge in [0, 0.05) is 18.5 Å². The van der Waals surface area contributed by atoms with Gasteiger partial charge in [-0.25, -0.2) is 4.98 Å². The highest BCUT2D eigenvalue weighted by Gasteiger charge is 2.71. The molecule has 0 spiro atoms. The number of aliphatic hydroxyl groups is 1. The predicted molar refractivity (Wildman–Crippen MR) is 141 cm³/mol. The molecule has 0 fully saturated rings. The lowest BCUT2D eigenvalue weighted by Gasteiger charge is -2.32. The van der Waals surface area contributed by atoms with Crippen LogP contribution in [0.5, 0.6) is 5.75 Å². The zero-order valence-electron chi connectivity index (χ0n) is 22.1. The van der Waals surface area contributed by atoms with Crippen LogP contribution in [0.3, 0.4) is 0 Å². The molecule has 0 aliphatic heterocycles. The van der Waals surface area contributed by atoms with Crippen molar-refractivity contribution in [1.29, 1.82) is 0 Å². The number of hydrogen-bond donors (Lipinski definition) is 1. The van der Waals surface area contributed by atoms with Crippen molar-refractivity contribution in [3.8, 4) is 11.4 Å². The first-order valence-corrected chi connectivity index (χ1v) is 12.6. The van der Waals surface area contributed by atoms with E-state index in [2.05, 4.69) is 4.98 Å². The van der Waals surface area contributed by atoms with Crippen molar-refractivity contribution in [3.63, 3.8) is 0 Å². The van der Waals surface area contributed by atoms with Gasteiger partial charge in [-0.1, -0.05) is 42.5 Å². The number of nitrogens with zero attached hydrogens (tertiary/aromatic N) is 3. The lowest BCUT2D eigenvalue weighted by Crippen LogP contribution is -2.53. The Hall–Kier alpha value is -3.90. The van der Waals surface area contributed by atoms with Crippen LogP contribution in [0.2, 0.25) is 0 Å². The van der Waals surface area contributed by atoms with E-state index >= 15 is 0 Å². The van der Waals surface area contributed by atoms with E-state index in [0.717, 1.165) is 35.2 Å². The summed E-state index contributed by atoms with van der Waals surface area (Å²) in [6.07, 6.45) is -11.2. The Morgan fingerprint density at radius 1 is 0.902 bits per heavy atom. The van der Waals surface area contributed by atoms with Gasteiger partial charge < -0.3 is 14.7 Å². The van der Waals surface area contributed by atoms with Crippen molar-refractivity contribution < 1.29 is 36.2 Å². The first-order chi connectivity index (χ1) is 19.2. The first kappa shape index (κ1) is 30.1. The molecule has 6 nitrogen and oxygen atoms in total. The molecule has 4 aromatic rings. The van der Waals surface area contributed by atoms with Crippen LogP contribution in [0.1, 0.15) is 23.4 Å². The molecule has 1 heterocycles. The molecule has 41 heavy (non-hydrogen) atoms. The van der Waals surface area contributed by atoms with Gasteiger partial charge in [0.15, 0.2) is 0 Å². The van der Waals surface area contributed by atoms with Crippen LogP contribution in [0.4, 0.5) is 26.3 Å². The molecule has 1 N–H and O–H groups in total. The SMILES string of the molecule is CN(C)CCCOc1ccc2nc(Cc3ccccc3)n(-c3ccc(C(O)(C(F)(F)F)C(F)(F)F)cc3)c(=O)c2c1. The lowest BCUT2D eigenvalue weighted by atomic mass is 9.92. The largest absolute Gasteiger partial charge is 0.494 e. The second-order valence-corrected chi connectivity index (χ2v) is 9.77. The maximum Gasteiger partial charge on any atom is 0.430 e. The van der Waals surface area contributed by atoms with Gasteiger partial charge in [0.1, 0.15) is 11.6 Å². The molecule has 0 unspecified atom stereocenters. The average molecular weight is 580 g/mol. The molecule has 0 atom stereocenters. The number of aromatic nitrogens is 2. The quantitative estimate of drug-likeness (QED) is 0.206. The minimum atomic E-state index is -6.03. The van der Waals surface area contributed by atoms with Crippen molar-refractivity contribution >= 4 is 10.9 Å². The smallest absolute Gasteiger partial charge is 0.430 e. The second-order valence-electron chi connectivity index (χ2n) is 9.77. The van der Waals surface area contributed by atoms with Gasteiger partial charge >= 0.3 is 12.4 Å². The summed E-state index contributed by atoms with van der Waals surface area (Å²) >= 11 is 0. The third-order valence-corrected chi connectivity index (χ3v) is 6.50. The lowest BCUT2D eigenvalue weighted by molar-refractivity contribution is -0.376. The van der Waals surface area contributed by atoms with Crippen molar-refractivity contribution in [2.75, 3.05) is 27.2 Å². The van der Waals surface area contributed by atoms with E-state index in [4.69, 9.17) is 4.74 Å². The van der Waals surface area contributed by atoms with Gasteiger partial charge in [0.05, 0.1) is 23.2 Å². The molecule has 1 aromatic heterocycles. The number of benzene rings is 3. The topological polar surface area (TPSA) is 67.6 Å². The third kappa shape index (κ3) is 6.23. The van der Waals surface area contributed by atoms with Gasteiger partial charge in [-0.3, -0.25) is 9.36 Å². The highest BCUT2D eigenvalue weighted by Crippen LogP contribution is 2.50. The highest BCUT2D eigenvalue weighted by atomic mass is 19.4. The van der Waals surface area contributed by atoms with Crippen LogP contribution in [-0.4, -0.2) is 59.2 Å². The Bertz CT molecular complexity index is 1540. The van der Waals surface area contributed by atoms with E-state index in [0.29, 0.717) is 30.0 Å². The molecule has 0 aliphatic carbocycles. The van der Waals surface area contributed by atoms with Gasteiger partial charge in [-0.2, -0.15) is 26.3 Å². The van der Waals surface area contributed by atoms with Crippen molar-refractivity contribution in [2.45, 2.75) is 30.8 Å². The minimum Gasteiger partial charge on any atom is -0.494 e. The summed E-state index contributed by atoms with van der Waals surface area (Å²) in [6, 6.07) is 16.6. The number of fused-ring (bicyclic) bond motifs is 1. The van der Waals surface area contributed by atoms with Crippen LogP contribution in [0, 0.1) is 0 Å². The molecule has 0 saturated carbocycles. The minimum absolute atomic E-state index is 0.0249. The van der Waals surface area contributed by atoms with E-state index < -0.39 is 29.1 Å². The first-order valence-electron chi connectivity index (χ1n) is 12.6. The molecule has 218 valence electrons. The molecule has 0 saturated heterocycles. The molecule has 0 radical (unpaired) electrons. The molecular weight excluding hydrogens is 552 g/mol. The summed E-state index contributed by atoms with van der Waals surface area (Å²) in [4.78, 5) is 20.4. The van der Waals surface area contributed by atoms with Crippen LogP contribution in [-0.2, 0) is 12.0 Å². The standard InChI is InChI=1S/C29H27F6N3O3/c1-37(2)15-6-16-41-22-13-14-24-23(18-22)26(39)38(25(36-24)17-19-7-4-3-5-8-19)21-11-9-20(10-12-21)27(40,28(30,31)32)29(33,34)35/h3-5,7-14,18,40H,6,15-17H2,1-2H3. The molecule has 0 aliphatic rings. The molecule has 12 heteroatoms. The van der Waals surface area contributed by atoms with E-state index in [1.54, 1.807) is 42.5 Å². The number of ether oxygens (including phenoxy) is 1. The maximum atomic E-state index is 13.8. The average Bonchev–Trinajstić information content (AvgIpc) is 2.90. The van der Waals surface area contributed by atoms with Crippen LogP contribution in [0.15, 0.2) is 77.6 Å². The highest BCUT2D eigenvalue weighted by molar-refractivity contribution is 5.79. The van der Waals surface area contributed by atoms with Crippen LogP contribution < -0.4 is 10.3 Å². The number of alkyl halides is 6. The molecular formula is C29H27F6N3O3. The zero-order valence-corrected chi connectivity index (χ0v) is 22.1. The van der Waals surface area contributed by atoms with Crippen molar-refractivity contribution in [1.82, 2.24) is 14.5 Å². The number of rotatable bonds is 9. The Labute approximate surface area is 231 Å². The van der Waals surface area contributed by atoms with Crippen molar-refractivity contribution in [3.05, 3.63) is 100 Å². The normalized spacial score (nSPS) is 12.7. The van der Waals surface area contributed by atoms with E-state index in [9.17, 15) is 36.2 Å². The molecule has 0 bridgehead atoms. The van der Waals surface area contributed by atoms with Crippen LogP contribution in [0.25, 0.3) is 16.6 Å². The number of halogens is 6. The predicted octanol–water partition coefficient (Wildman–Crippen LogP) is 5.62. The maximum absolute atomic E-state index is 13.8. The summed E-state index contributed by atoms with van der Waals surface area (Å²) in [5.41, 5.74) is -6.01. The fraction of sp³-hybridized carbons (Fsp3) is 0.310. The molecule has 3 aromatic carbocycles. The summed E-state index contributed by atoms with van der Waals surface area (Å²) < 4.78 is 87.3. The number of hydrogen-bond acceptors (Lipinski definition) is 5. The summed E-state index contributed by atoms with van der Waals surface area (Å²) in [5.74, 6) is 0.622. The van der Waals surface area contributed by atoms with Crippen molar-refractivity contribution in [2.24, 2.45) is 0 Å². The van der Waals surface area contributed by atoms with Gasteiger partial charge in [0.2, 0.25) is 0 Å². The fourth-order valence-corrected chi connectivity index (χ4v) is 4.37. The zero-order chi connectivity index (χ0) is 30.0. The van der Waals surface area contributed by atoms with Crippen LogP contribution >= 0.6 is 0 Å². The van der Waals surface area contributed by atoms with E-state index in [1.165, 1.54) is 6.07 Å². The summed E-state index contributed by atoms with van der Waals surface area (Å²) in [7, 11) is 3.85. The van der Waals surface area contributed by atoms with Gasteiger partial charge in [-0.05, 0) is 56.4 Å². The monoisotopic (exact) mass is 579 g/mol. The van der Waals surface area contributed by atoms with E-state index in [1.807, 2.05) is 19.0 Å². The van der Waals surface area contributed by atoms with Gasteiger partial charge in [-0.15, -0.1) is 0 Å². The van der Waals surface area contributed by atoms with E-state index in [-0.39, 0.29) is 23.3 Å². The summed E-state index contributed by atoms with van der Waals surface area (Å²) in [5, 5.41) is 9.92. The molecule has 0 amide bonds. The fourth-order valence-electron chi connectivity index (χ4n) is 4.37. The Kier molecular flexibility index (Phi) is 8.46.